The zero-order chi connectivity index (χ0) is 22.4. The predicted octanol–water partition coefficient (Wildman–Crippen LogP) is 3.71. The molecule has 31 heavy (non-hydrogen) atoms. The van der Waals surface area contributed by atoms with Crippen LogP contribution in [0.15, 0.2) is 0 Å². The summed E-state index contributed by atoms with van der Waals surface area (Å²) in [6.07, 6.45) is 9.33. The Labute approximate surface area is 187 Å². The van der Waals surface area contributed by atoms with Gasteiger partial charge in [-0.2, -0.15) is 0 Å². The third-order valence-corrected chi connectivity index (χ3v) is 6.90. The van der Waals surface area contributed by atoms with Crippen molar-refractivity contribution in [1.82, 2.24) is 15.1 Å². The van der Waals surface area contributed by atoms with Crippen molar-refractivity contribution in [3.8, 4) is 0 Å². The summed E-state index contributed by atoms with van der Waals surface area (Å²) < 4.78 is 5.45. The average Bonchev–Trinajstić information content (AvgIpc) is 2.74. The van der Waals surface area contributed by atoms with E-state index in [1.807, 2.05) is 25.7 Å². The van der Waals surface area contributed by atoms with Crippen molar-refractivity contribution in [2.45, 2.75) is 96.6 Å². The van der Waals surface area contributed by atoms with E-state index in [2.05, 4.69) is 5.32 Å². The van der Waals surface area contributed by atoms with Crippen LogP contribution >= 0.6 is 0 Å². The Bertz CT molecular complexity index is 623. The fourth-order valence-corrected chi connectivity index (χ4v) is 4.98. The minimum atomic E-state index is -0.480. The Morgan fingerprint density at radius 2 is 1.42 bits per heavy atom. The van der Waals surface area contributed by atoms with E-state index in [1.165, 1.54) is 19.3 Å². The van der Waals surface area contributed by atoms with Crippen LogP contribution in [0.2, 0.25) is 0 Å². The standard InChI is InChI=1S/C24H41N3O4/c1-24(2,3)31-23(30)27-13-9-18(10-14-27)17-21(28)26-15-11-20(12-16-26)25-22(29)19-7-5-4-6-8-19/h18-20H,4-17H2,1-3H3,(H,25,29). The van der Waals surface area contributed by atoms with Gasteiger partial charge in [0.15, 0.2) is 0 Å². The van der Waals surface area contributed by atoms with E-state index in [0.29, 0.717) is 25.4 Å². The molecule has 3 amide bonds. The van der Waals surface area contributed by atoms with E-state index in [1.54, 1.807) is 4.90 Å². The quantitative estimate of drug-likeness (QED) is 0.730. The highest BCUT2D eigenvalue weighted by molar-refractivity contribution is 5.79. The summed E-state index contributed by atoms with van der Waals surface area (Å²) in [7, 11) is 0. The molecule has 0 aromatic heterocycles. The molecule has 2 heterocycles. The summed E-state index contributed by atoms with van der Waals surface area (Å²) in [4.78, 5) is 41.2. The van der Waals surface area contributed by atoms with Gasteiger partial charge in [-0.25, -0.2) is 4.79 Å². The number of carbonyl (C=O) groups excluding carboxylic acids is 3. The SMILES string of the molecule is CC(C)(C)OC(=O)N1CCC(CC(=O)N2CCC(NC(=O)C3CCCCC3)CC2)CC1. The third-order valence-electron chi connectivity index (χ3n) is 6.90. The Kier molecular flexibility index (Phi) is 8.23. The molecule has 0 unspecified atom stereocenters. The maximum atomic E-state index is 12.8. The molecule has 7 nitrogen and oxygen atoms in total. The van der Waals surface area contributed by atoms with Crippen molar-refractivity contribution in [1.29, 1.82) is 0 Å². The number of nitrogens with zero attached hydrogens (tertiary/aromatic N) is 2. The second-order valence-corrected chi connectivity index (χ2v) is 10.6. The zero-order valence-electron chi connectivity index (χ0n) is 19.7. The molecule has 176 valence electrons. The molecule has 0 aromatic rings. The lowest BCUT2D eigenvalue weighted by molar-refractivity contribution is -0.133. The van der Waals surface area contributed by atoms with E-state index in [-0.39, 0.29) is 29.9 Å². The highest BCUT2D eigenvalue weighted by atomic mass is 16.6. The van der Waals surface area contributed by atoms with Crippen LogP contribution in [0.1, 0.15) is 85.0 Å². The number of hydrogen-bond acceptors (Lipinski definition) is 4. The van der Waals surface area contributed by atoms with E-state index in [9.17, 15) is 14.4 Å². The van der Waals surface area contributed by atoms with Crippen LogP contribution in [0.5, 0.6) is 0 Å². The second-order valence-electron chi connectivity index (χ2n) is 10.6. The van der Waals surface area contributed by atoms with Crippen molar-refractivity contribution >= 4 is 17.9 Å². The van der Waals surface area contributed by atoms with Gasteiger partial charge in [-0.3, -0.25) is 9.59 Å². The number of rotatable bonds is 4. The van der Waals surface area contributed by atoms with Gasteiger partial charge < -0.3 is 19.9 Å². The lowest BCUT2D eigenvalue weighted by atomic mass is 9.88. The number of hydrogen-bond donors (Lipinski definition) is 1. The number of carbonyl (C=O) groups is 3. The molecule has 0 spiro atoms. The van der Waals surface area contributed by atoms with Crippen molar-refractivity contribution in [3.05, 3.63) is 0 Å². The first-order valence-corrected chi connectivity index (χ1v) is 12.3. The Hall–Kier alpha value is -1.79. The van der Waals surface area contributed by atoms with Crippen molar-refractivity contribution in [2.24, 2.45) is 11.8 Å². The van der Waals surface area contributed by atoms with Crippen molar-refractivity contribution < 1.29 is 19.1 Å². The van der Waals surface area contributed by atoms with Crippen molar-refractivity contribution in [2.75, 3.05) is 26.2 Å². The van der Waals surface area contributed by atoms with E-state index < -0.39 is 5.60 Å². The summed E-state index contributed by atoms with van der Waals surface area (Å²) in [6, 6.07) is 0.204. The summed E-state index contributed by atoms with van der Waals surface area (Å²) in [5.74, 6) is 0.962. The molecular weight excluding hydrogens is 394 g/mol. The normalized spacial score (nSPS) is 22.3. The molecule has 1 saturated carbocycles. The molecule has 1 aliphatic carbocycles. The lowest BCUT2D eigenvalue weighted by Gasteiger charge is -2.36. The molecule has 0 atom stereocenters. The van der Waals surface area contributed by atoms with Crippen molar-refractivity contribution in [3.63, 3.8) is 0 Å². The largest absolute Gasteiger partial charge is 0.444 e. The Balaban J connectivity index is 1.34. The highest BCUT2D eigenvalue weighted by Crippen LogP contribution is 2.26. The molecular formula is C24H41N3O4. The van der Waals surface area contributed by atoms with Gasteiger partial charge in [-0.15, -0.1) is 0 Å². The number of ether oxygens (including phenoxy) is 1. The maximum absolute atomic E-state index is 12.8. The van der Waals surface area contributed by atoms with Crippen LogP contribution in [-0.4, -0.2) is 65.5 Å². The smallest absolute Gasteiger partial charge is 0.410 e. The predicted molar refractivity (Wildman–Crippen MR) is 119 cm³/mol. The first-order valence-electron chi connectivity index (χ1n) is 12.3. The van der Waals surface area contributed by atoms with Crippen LogP contribution in [0, 0.1) is 11.8 Å². The van der Waals surface area contributed by atoms with E-state index in [4.69, 9.17) is 4.74 Å². The lowest BCUT2D eigenvalue weighted by Crippen LogP contribution is -2.48. The number of nitrogens with one attached hydrogen (secondary N) is 1. The van der Waals surface area contributed by atoms with Crippen LogP contribution in [0.25, 0.3) is 0 Å². The van der Waals surface area contributed by atoms with Crippen LogP contribution < -0.4 is 5.32 Å². The molecule has 2 aliphatic heterocycles. The molecule has 0 bridgehead atoms. The average molecular weight is 436 g/mol. The number of piperidine rings is 2. The summed E-state index contributed by atoms with van der Waals surface area (Å²) in [5.41, 5.74) is -0.480. The molecule has 1 N–H and O–H groups in total. The topological polar surface area (TPSA) is 79.0 Å². The molecule has 3 fully saturated rings. The van der Waals surface area contributed by atoms with Gasteiger partial charge in [-0.1, -0.05) is 19.3 Å². The third kappa shape index (κ3) is 7.39. The summed E-state index contributed by atoms with van der Waals surface area (Å²) in [6.45, 7) is 8.39. The first-order chi connectivity index (χ1) is 14.7. The Morgan fingerprint density at radius 3 is 2.00 bits per heavy atom. The molecule has 7 heteroatoms. The number of likely N-dealkylation sites (tertiary alicyclic amines) is 2. The van der Waals surface area contributed by atoms with Crippen LogP contribution in [-0.2, 0) is 14.3 Å². The van der Waals surface area contributed by atoms with Gasteiger partial charge in [0.1, 0.15) is 5.60 Å². The number of amides is 3. The van der Waals surface area contributed by atoms with E-state index >= 15 is 0 Å². The molecule has 0 radical (unpaired) electrons. The fraction of sp³-hybridized carbons (Fsp3) is 0.875. The fourth-order valence-electron chi connectivity index (χ4n) is 4.98. The molecule has 3 aliphatic rings. The van der Waals surface area contributed by atoms with Gasteiger partial charge in [0.2, 0.25) is 11.8 Å². The summed E-state index contributed by atoms with van der Waals surface area (Å²) >= 11 is 0. The van der Waals surface area contributed by atoms with Crippen LogP contribution in [0.4, 0.5) is 4.79 Å². The molecule has 2 saturated heterocycles. The molecule has 0 aromatic carbocycles. The second kappa shape index (κ2) is 10.7. The summed E-state index contributed by atoms with van der Waals surface area (Å²) in [5, 5.41) is 3.23. The van der Waals surface area contributed by atoms with Gasteiger partial charge in [0.05, 0.1) is 0 Å². The zero-order valence-corrected chi connectivity index (χ0v) is 19.7. The molecule has 3 rings (SSSR count). The van der Waals surface area contributed by atoms with Gasteiger partial charge in [-0.05, 0) is 65.2 Å². The monoisotopic (exact) mass is 435 g/mol. The maximum Gasteiger partial charge on any atom is 0.410 e. The van der Waals surface area contributed by atoms with Gasteiger partial charge in [0.25, 0.3) is 0 Å². The van der Waals surface area contributed by atoms with Crippen LogP contribution in [0.3, 0.4) is 0 Å². The van der Waals surface area contributed by atoms with Gasteiger partial charge in [0, 0.05) is 44.6 Å². The Morgan fingerprint density at radius 1 is 0.839 bits per heavy atom. The highest BCUT2D eigenvalue weighted by Gasteiger charge is 2.31. The minimum absolute atomic E-state index is 0.194. The minimum Gasteiger partial charge on any atom is -0.444 e. The van der Waals surface area contributed by atoms with E-state index in [0.717, 1.165) is 51.6 Å². The first kappa shape index (κ1) is 23.9. The van der Waals surface area contributed by atoms with Gasteiger partial charge >= 0.3 is 6.09 Å².